The summed E-state index contributed by atoms with van der Waals surface area (Å²) in [7, 11) is 0. The van der Waals surface area contributed by atoms with E-state index in [1.54, 1.807) is 6.33 Å². The topological polar surface area (TPSA) is 108 Å². The normalized spacial score (nSPS) is 10.9. The molecule has 1 N–H and O–H groups in total. The monoisotopic (exact) mass is 431 g/mol. The molecular weight excluding hydrogens is 410 g/mol. The number of imidazole rings is 1. The van der Waals surface area contributed by atoms with Crippen molar-refractivity contribution >= 4 is 46.3 Å². The Kier molecular flexibility index (Phi) is 7.18. The summed E-state index contributed by atoms with van der Waals surface area (Å²) < 4.78 is 12.0. The van der Waals surface area contributed by atoms with E-state index in [0.29, 0.717) is 30.1 Å². The number of aromatic nitrogens is 4. The number of ether oxygens (including phenoxy) is 2. The first-order chi connectivity index (χ1) is 14.4. The molecule has 0 spiro atoms. The van der Waals surface area contributed by atoms with Crippen molar-refractivity contribution in [2.24, 2.45) is 5.92 Å². The van der Waals surface area contributed by atoms with Crippen LogP contribution in [-0.4, -0.2) is 44.7 Å². The number of benzene rings is 1. The minimum absolute atomic E-state index is 0.158. The molecule has 0 bridgehead atoms. The lowest BCUT2D eigenvalue weighted by Gasteiger charge is -2.16. The molecule has 0 saturated heterocycles. The fraction of sp³-hybridized carbons (Fsp3) is 0.350. The quantitative estimate of drug-likeness (QED) is 0.406. The van der Waals surface area contributed by atoms with E-state index in [9.17, 15) is 9.59 Å². The second-order valence-electron chi connectivity index (χ2n) is 6.70. The zero-order chi connectivity index (χ0) is 21.5. The number of halogens is 1. The molecule has 10 heteroatoms. The van der Waals surface area contributed by atoms with Gasteiger partial charge >= 0.3 is 11.9 Å². The van der Waals surface area contributed by atoms with E-state index in [4.69, 9.17) is 21.1 Å². The number of anilines is 2. The van der Waals surface area contributed by atoms with Gasteiger partial charge in [0, 0.05) is 32.0 Å². The molecule has 1 aromatic carbocycles. The molecule has 0 radical (unpaired) electrons. The number of nitrogens with one attached hydrogen (secondary N) is 1. The molecule has 0 aliphatic rings. The number of para-hydroxylation sites is 1. The number of carbonyl (C=O) groups is 2. The molecule has 0 amide bonds. The smallest absolute Gasteiger partial charge is 0.302 e. The SMILES string of the molecule is CC(=O)OCC(CCn1cnc2c(Cl)nc(Nc3ccccc3)nc21)COC(C)=O. The summed E-state index contributed by atoms with van der Waals surface area (Å²) in [5, 5.41) is 3.37. The maximum atomic E-state index is 11.1. The van der Waals surface area contributed by atoms with E-state index in [2.05, 4.69) is 20.3 Å². The Hall–Kier alpha value is -3.20. The van der Waals surface area contributed by atoms with Gasteiger partial charge in [-0.25, -0.2) is 4.98 Å². The lowest BCUT2D eigenvalue weighted by molar-refractivity contribution is -0.146. The Morgan fingerprint density at radius 1 is 1.10 bits per heavy atom. The number of carbonyl (C=O) groups excluding carboxylic acids is 2. The van der Waals surface area contributed by atoms with Gasteiger partial charge in [0.05, 0.1) is 19.5 Å². The molecule has 0 aliphatic carbocycles. The second-order valence-corrected chi connectivity index (χ2v) is 7.06. The van der Waals surface area contributed by atoms with Crippen LogP contribution in [0.1, 0.15) is 20.3 Å². The largest absolute Gasteiger partial charge is 0.465 e. The van der Waals surface area contributed by atoms with Crippen LogP contribution in [0.25, 0.3) is 11.2 Å². The van der Waals surface area contributed by atoms with E-state index in [0.717, 1.165) is 5.69 Å². The van der Waals surface area contributed by atoms with Crippen molar-refractivity contribution in [2.45, 2.75) is 26.8 Å². The van der Waals surface area contributed by atoms with Gasteiger partial charge in [0.25, 0.3) is 0 Å². The number of fused-ring (bicyclic) bond motifs is 1. The van der Waals surface area contributed by atoms with E-state index in [1.807, 2.05) is 34.9 Å². The Labute approximate surface area is 178 Å². The van der Waals surface area contributed by atoms with E-state index in [1.165, 1.54) is 13.8 Å². The third-order valence-corrected chi connectivity index (χ3v) is 4.54. The molecule has 0 atom stereocenters. The summed E-state index contributed by atoms with van der Waals surface area (Å²) >= 11 is 6.29. The maximum Gasteiger partial charge on any atom is 0.302 e. The van der Waals surface area contributed by atoms with E-state index in [-0.39, 0.29) is 36.2 Å². The van der Waals surface area contributed by atoms with Crippen LogP contribution in [0.5, 0.6) is 0 Å². The van der Waals surface area contributed by atoms with Crippen molar-refractivity contribution in [3.8, 4) is 0 Å². The highest BCUT2D eigenvalue weighted by molar-refractivity contribution is 6.33. The molecule has 0 aliphatic heterocycles. The highest BCUT2D eigenvalue weighted by Crippen LogP contribution is 2.23. The highest BCUT2D eigenvalue weighted by Gasteiger charge is 2.16. The lowest BCUT2D eigenvalue weighted by atomic mass is 10.1. The number of hydrogen-bond acceptors (Lipinski definition) is 8. The van der Waals surface area contributed by atoms with Crippen LogP contribution in [0, 0.1) is 5.92 Å². The molecule has 3 rings (SSSR count). The van der Waals surface area contributed by atoms with Crippen LogP contribution in [0.4, 0.5) is 11.6 Å². The van der Waals surface area contributed by atoms with Crippen molar-refractivity contribution in [2.75, 3.05) is 18.5 Å². The first-order valence-electron chi connectivity index (χ1n) is 9.39. The molecule has 9 nitrogen and oxygen atoms in total. The van der Waals surface area contributed by atoms with Crippen LogP contribution in [0.2, 0.25) is 5.15 Å². The third-order valence-electron chi connectivity index (χ3n) is 4.27. The Morgan fingerprint density at radius 3 is 2.40 bits per heavy atom. The predicted molar refractivity (Wildman–Crippen MR) is 111 cm³/mol. The zero-order valence-corrected chi connectivity index (χ0v) is 17.4. The van der Waals surface area contributed by atoms with Gasteiger partial charge in [-0.3, -0.25) is 9.59 Å². The standard InChI is InChI=1S/C20H22ClN5O4/c1-13(27)29-10-15(11-30-14(2)28)8-9-26-12-22-17-18(21)24-20(25-19(17)26)23-16-6-4-3-5-7-16/h3-7,12,15H,8-11H2,1-2H3,(H,23,24,25). The molecule has 3 aromatic rings. The van der Waals surface area contributed by atoms with Crippen LogP contribution in [0.3, 0.4) is 0 Å². The van der Waals surface area contributed by atoms with Crippen LogP contribution >= 0.6 is 11.6 Å². The van der Waals surface area contributed by atoms with Gasteiger partial charge in [-0.2, -0.15) is 9.97 Å². The number of nitrogens with zero attached hydrogens (tertiary/aromatic N) is 4. The first-order valence-corrected chi connectivity index (χ1v) is 9.77. The Morgan fingerprint density at radius 2 is 1.77 bits per heavy atom. The van der Waals surface area contributed by atoms with Gasteiger partial charge in [-0.05, 0) is 18.6 Å². The molecule has 0 fully saturated rings. The molecule has 0 unspecified atom stereocenters. The van der Waals surface area contributed by atoms with Crippen LogP contribution in [0.15, 0.2) is 36.7 Å². The average Bonchev–Trinajstić information content (AvgIpc) is 3.11. The minimum Gasteiger partial charge on any atom is -0.465 e. The molecule has 30 heavy (non-hydrogen) atoms. The third kappa shape index (κ3) is 5.90. The Bertz CT molecular complexity index is 1010. The number of hydrogen-bond donors (Lipinski definition) is 1. The van der Waals surface area contributed by atoms with E-state index >= 15 is 0 Å². The van der Waals surface area contributed by atoms with Gasteiger partial charge < -0.3 is 19.4 Å². The van der Waals surface area contributed by atoms with Gasteiger partial charge in [0.15, 0.2) is 10.8 Å². The van der Waals surface area contributed by atoms with Crippen LogP contribution < -0.4 is 5.32 Å². The molecule has 2 aromatic heterocycles. The van der Waals surface area contributed by atoms with Gasteiger partial charge in [-0.15, -0.1) is 0 Å². The first kappa shape index (κ1) is 21.5. The maximum absolute atomic E-state index is 11.1. The van der Waals surface area contributed by atoms with Crippen molar-refractivity contribution in [3.05, 3.63) is 41.8 Å². The van der Waals surface area contributed by atoms with Crippen molar-refractivity contribution in [1.82, 2.24) is 19.5 Å². The average molecular weight is 432 g/mol. The molecular formula is C20H22ClN5O4. The number of rotatable bonds is 9. The van der Waals surface area contributed by atoms with Gasteiger partial charge in [0.1, 0.15) is 5.52 Å². The summed E-state index contributed by atoms with van der Waals surface area (Å²) in [5.41, 5.74) is 1.90. The van der Waals surface area contributed by atoms with Gasteiger partial charge in [-0.1, -0.05) is 29.8 Å². The molecule has 0 saturated carbocycles. The lowest BCUT2D eigenvalue weighted by Crippen LogP contribution is -2.21. The second kappa shape index (κ2) is 10.0. The molecule has 2 heterocycles. The predicted octanol–water partition coefficient (Wildman–Crippen LogP) is 3.36. The Balaban J connectivity index is 1.75. The van der Waals surface area contributed by atoms with E-state index < -0.39 is 0 Å². The number of esters is 2. The fourth-order valence-corrected chi connectivity index (χ4v) is 3.00. The summed E-state index contributed by atoms with van der Waals surface area (Å²) in [6.45, 7) is 3.51. The van der Waals surface area contributed by atoms with Crippen LogP contribution in [-0.2, 0) is 25.6 Å². The van der Waals surface area contributed by atoms with Crippen molar-refractivity contribution in [3.63, 3.8) is 0 Å². The summed E-state index contributed by atoms with van der Waals surface area (Å²) in [4.78, 5) is 35.4. The van der Waals surface area contributed by atoms with Gasteiger partial charge in [0.2, 0.25) is 5.95 Å². The van der Waals surface area contributed by atoms with Crippen molar-refractivity contribution in [1.29, 1.82) is 0 Å². The zero-order valence-electron chi connectivity index (χ0n) is 16.7. The highest BCUT2D eigenvalue weighted by atomic mass is 35.5. The summed E-state index contributed by atoms with van der Waals surface area (Å²) in [5.74, 6) is -0.564. The molecule has 158 valence electrons. The van der Waals surface area contributed by atoms with Crippen molar-refractivity contribution < 1.29 is 19.1 Å². The fourth-order valence-electron chi connectivity index (χ4n) is 2.79. The summed E-state index contributed by atoms with van der Waals surface area (Å²) in [6.07, 6.45) is 2.21. The summed E-state index contributed by atoms with van der Waals surface area (Å²) in [6, 6.07) is 9.51. The number of aryl methyl sites for hydroxylation is 1. The minimum atomic E-state index is -0.382.